The zero-order valence-electron chi connectivity index (χ0n) is 11.0. The summed E-state index contributed by atoms with van der Waals surface area (Å²) in [5, 5.41) is 9.11. The van der Waals surface area contributed by atoms with Gasteiger partial charge in [0.2, 0.25) is 5.91 Å². The SMILES string of the molecule is NC(=O)c1ccc(CN2CCC(CO)CC2)c(N)c1. The number of rotatable bonds is 4. The quantitative estimate of drug-likeness (QED) is 0.692. The molecule has 1 aromatic carbocycles. The van der Waals surface area contributed by atoms with Crippen LogP contribution in [-0.4, -0.2) is 35.6 Å². The molecule has 1 saturated heterocycles. The van der Waals surface area contributed by atoms with E-state index in [9.17, 15) is 4.79 Å². The van der Waals surface area contributed by atoms with Crippen LogP contribution in [-0.2, 0) is 6.54 Å². The molecule has 0 unspecified atom stereocenters. The van der Waals surface area contributed by atoms with Crippen molar-refractivity contribution in [3.63, 3.8) is 0 Å². The summed E-state index contributed by atoms with van der Waals surface area (Å²) in [5.41, 5.74) is 13.3. The molecule has 0 spiro atoms. The average molecular weight is 263 g/mol. The molecule has 0 radical (unpaired) electrons. The summed E-state index contributed by atoms with van der Waals surface area (Å²) in [6.07, 6.45) is 2.05. The lowest BCUT2D eigenvalue weighted by atomic mass is 9.97. The number of hydrogen-bond acceptors (Lipinski definition) is 4. The highest BCUT2D eigenvalue weighted by molar-refractivity contribution is 5.93. The normalized spacial score (nSPS) is 17.5. The molecule has 2 rings (SSSR count). The standard InChI is InChI=1S/C14H21N3O2/c15-13-7-11(14(16)19)1-2-12(13)8-17-5-3-10(9-18)4-6-17/h1-2,7,10,18H,3-6,8-9,15H2,(H2,16,19). The maximum absolute atomic E-state index is 11.1. The second-order valence-electron chi connectivity index (χ2n) is 5.18. The van der Waals surface area contributed by atoms with E-state index in [1.165, 1.54) is 0 Å². The number of amides is 1. The molecule has 0 saturated carbocycles. The van der Waals surface area contributed by atoms with E-state index >= 15 is 0 Å². The van der Waals surface area contributed by atoms with Crippen LogP contribution in [0.1, 0.15) is 28.8 Å². The Balaban J connectivity index is 1.98. The van der Waals surface area contributed by atoms with E-state index in [1.807, 2.05) is 6.07 Å². The molecule has 1 fully saturated rings. The van der Waals surface area contributed by atoms with Gasteiger partial charge in [0.1, 0.15) is 0 Å². The Morgan fingerprint density at radius 2 is 2.05 bits per heavy atom. The predicted molar refractivity (Wildman–Crippen MR) is 74.5 cm³/mol. The number of carbonyl (C=O) groups is 1. The van der Waals surface area contributed by atoms with Crippen molar-refractivity contribution in [3.8, 4) is 0 Å². The van der Waals surface area contributed by atoms with Crippen LogP contribution in [0, 0.1) is 5.92 Å². The number of primary amides is 1. The van der Waals surface area contributed by atoms with E-state index in [1.54, 1.807) is 12.1 Å². The first-order valence-electron chi connectivity index (χ1n) is 6.61. The number of aliphatic hydroxyl groups is 1. The first kappa shape index (κ1) is 13.8. The van der Waals surface area contributed by atoms with Gasteiger partial charge in [0.25, 0.3) is 0 Å². The monoisotopic (exact) mass is 263 g/mol. The fourth-order valence-corrected chi connectivity index (χ4v) is 2.46. The number of anilines is 1. The summed E-state index contributed by atoms with van der Waals surface area (Å²) in [7, 11) is 0. The topological polar surface area (TPSA) is 92.6 Å². The van der Waals surface area contributed by atoms with E-state index in [4.69, 9.17) is 16.6 Å². The van der Waals surface area contributed by atoms with Crippen molar-refractivity contribution in [2.75, 3.05) is 25.4 Å². The number of nitrogens with two attached hydrogens (primary N) is 2. The smallest absolute Gasteiger partial charge is 0.248 e. The third kappa shape index (κ3) is 3.45. The number of piperidine rings is 1. The minimum absolute atomic E-state index is 0.281. The van der Waals surface area contributed by atoms with Gasteiger partial charge in [-0.2, -0.15) is 0 Å². The van der Waals surface area contributed by atoms with Gasteiger partial charge in [-0.25, -0.2) is 0 Å². The van der Waals surface area contributed by atoms with Gasteiger partial charge in [0.05, 0.1) is 0 Å². The highest BCUT2D eigenvalue weighted by atomic mass is 16.3. The lowest BCUT2D eigenvalue weighted by Gasteiger charge is -2.31. The van der Waals surface area contributed by atoms with Crippen molar-refractivity contribution in [1.82, 2.24) is 4.90 Å². The Labute approximate surface area is 113 Å². The molecule has 5 nitrogen and oxygen atoms in total. The molecule has 5 heteroatoms. The number of likely N-dealkylation sites (tertiary alicyclic amines) is 1. The van der Waals surface area contributed by atoms with Crippen molar-refractivity contribution < 1.29 is 9.90 Å². The highest BCUT2D eigenvalue weighted by Gasteiger charge is 2.19. The molecule has 1 amide bonds. The van der Waals surface area contributed by atoms with E-state index < -0.39 is 5.91 Å². The number of aliphatic hydroxyl groups excluding tert-OH is 1. The molecule has 0 aliphatic carbocycles. The summed E-state index contributed by atoms with van der Waals surface area (Å²) in [6.45, 7) is 3.01. The molecule has 19 heavy (non-hydrogen) atoms. The molecule has 1 aromatic rings. The lowest BCUT2D eigenvalue weighted by molar-refractivity contribution is 0.100. The molecule has 1 heterocycles. The third-order valence-corrected chi connectivity index (χ3v) is 3.79. The third-order valence-electron chi connectivity index (χ3n) is 3.79. The van der Waals surface area contributed by atoms with Crippen LogP contribution < -0.4 is 11.5 Å². The van der Waals surface area contributed by atoms with Gasteiger partial charge in [0.15, 0.2) is 0 Å². The second-order valence-corrected chi connectivity index (χ2v) is 5.18. The number of carbonyl (C=O) groups excluding carboxylic acids is 1. The number of nitrogen functional groups attached to an aromatic ring is 1. The van der Waals surface area contributed by atoms with Gasteiger partial charge < -0.3 is 16.6 Å². The molecule has 1 aliphatic rings. The van der Waals surface area contributed by atoms with Crippen LogP contribution in [0.4, 0.5) is 5.69 Å². The van der Waals surface area contributed by atoms with E-state index in [0.717, 1.165) is 38.0 Å². The largest absolute Gasteiger partial charge is 0.398 e. The molecule has 0 bridgehead atoms. The lowest BCUT2D eigenvalue weighted by Crippen LogP contribution is -2.34. The van der Waals surface area contributed by atoms with E-state index in [0.29, 0.717) is 17.2 Å². The van der Waals surface area contributed by atoms with Crippen LogP contribution in [0.15, 0.2) is 18.2 Å². The Bertz CT molecular complexity index is 454. The van der Waals surface area contributed by atoms with E-state index in [-0.39, 0.29) is 6.61 Å². The molecule has 1 aliphatic heterocycles. The zero-order valence-corrected chi connectivity index (χ0v) is 11.0. The van der Waals surface area contributed by atoms with Crippen molar-refractivity contribution in [1.29, 1.82) is 0 Å². The van der Waals surface area contributed by atoms with Crippen LogP contribution in [0.3, 0.4) is 0 Å². The molecule has 5 N–H and O–H groups in total. The van der Waals surface area contributed by atoms with Crippen LogP contribution in [0.2, 0.25) is 0 Å². The predicted octanol–water partition coefficient (Wildman–Crippen LogP) is 0.572. The Morgan fingerprint density at radius 1 is 1.37 bits per heavy atom. The van der Waals surface area contributed by atoms with Gasteiger partial charge in [-0.15, -0.1) is 0 Å². The molecule has 104 valence electrons. The fourth-order valence-electron chi connectivity index (χ4n) is 2.46. The summed E-state index contributed by atoms with van der Waals surface area (Å²) in [5.74, 6) is -0.0205. The minimum Gasteiger partial charge on any atom is -0.398 e. The fraction of sp³-hybridized carbons (Fsp3) is 0.500. The van der Waals surface area contributed by atoms with Crippen molar-refractivity contribution in [2.24, 2.45) is 11.7 Å². The average Bonchev–Trinajstić information content (AvgIpc) is 2.41. The van der Waals surface area contributed by atoms with Gasteiger partial charge in [-0.05, 0) is 49.5 Å². The van der Waals surface area contributed by atoms with Crippen LogP contribution >= 0.6 is 0 Å². The molecule has 0 aromatic heterocycles. The Morgan fingerprint density at radius 3 is 2.58 bits per heavy atom. The van der Waals surface area contributed by atoms with Gasteiger partial charge in [-0.3, -0.25) is 9.69 Å². The van der Waals surface area contributed by atoms with Crippen LogP contribution in [0.25, 0.3) is 0 Å². The first-order chi connectivity index (χ1) is 9.10. The van der Waals surface area contributed by atoms with Gasteiger partial charge >= 0.3 is 0 Å². The summed E-state index contributed by atoms with van der Waals surface area (Å²) >= 11 is 0. The first-order valence-corrected chi connectivity index (χ1v) is 6.61. The van der Waals surface area contributed by atoms with Gasteiger partial charge in [0, 0.05) is 24.4 Å². The molecule has 0 atom stereocenters. The maximum atomic E-state index is 11.1. The summed E-state index contributed by atoms with van der Waals surface area (Å²) in [4.78, 5) is 13.4. The zero-order chi connectivity index (χ0) is 13.8. The van der Waals surface area contributed by atoms with Crippen molar-refractivity contribution in [3.05, 3.63) is 29.3 Å². The Kier molecular flexibility index (Phi) is 4.39. The number of benzene rings is 1. The van der Waals surface area contributed by atoms with Crippen molar-refractivity contribution in [2.45, 2.75) is 19.4 Å². The molecular weight excluding hydrogens is 242 g/mol. The summed E-state index contributed by atoms with van der Waals surface area (Å²) < 4.78 is 0. The molecular formula is C14H21N3O2. The second kappa shape index (κ2) is 6.04. The van der Waals surface area contributed by atoms with E-state index in [2.05, 4.69) is 4.90 Å². The highest BCUT2D eigenvalue weighted by Crippen LogP contribution is 2.21. The Hall–Kier alpha value is -1.59. The van der Waals surface area contributed by atoms with Gasteiger partial charge in [-0.1, -0.05) is 6.07 Å². The van der Waals surface area contributed by atoms with Crippen LogP contribution in [0.5, 0.6) is 0 Å². The maximum Gasteiger partial charge on any atom is 0.248 e. The summed E-state index contributed by atoms with van der Waals surface area (Å²) in [6, 6.07) is 5.22. The van der Waals surface area contributed by atoms with Crippen molar-refractivity contribution >= 4 is 11.6 Å². The minimum atomic E-state index is -0.456. The number of hydrogen-bond donors (Lipinski definition) is 3. The number of nitrogens with zero attached hydrogens (tertiary/aromatic N) is 1.